The molecule has 1 atom stereocenters. The summed E-state index contributed by atoms with van der Waals surface area (Å²) < 4.78 is 28.2. The summed E-state index contributed by atoms with van der Waals surface area (Å²) in [6.45, 7) is 1.89. The van der Waals surface area contributed by atoms with Gasteiger partial charge in [-0.2, -0.15) is 0 Å². The lowest BCUT2D eigenvalue weighted by Crippen LogP contribution is -1.97. The smallest absolute Gasteiger partial charge is 0.138 e. The molecule has 136 valence electrons. The first kappa shape index (κ1) is 15.6. The first-order valence-corrected chi connectivity index (χ1v) is 9.17. The molecule has 2 aromatic heterocycles. The molecule has 0 saturated heterocycles. The fourth-order valence-corrected chi connectivity index (χ4v) is 3.59. The Morgan fingerprint density at radius 2 is 1.71 bits per heavy atom. The van der Waals surface area contributed by atoms with Crippen LogP contribution in [0.2, 0.25) is 0 Å². The van der Waals surface area contributed by atoms with Gasteiger partial charge in [-0.05, 0) is 53.6 Å². The minimum Gasteiger partial charge on any atom is -0.456 e. The zero-order valence-corrected chi connectivity index (χ0v) is 15.3. The van der Waals surface area contributed by atoms with Crippen molar-refractivity contribution in [2.24, 2.45) is 0 Å². The van der Waals surface area contributed by atoms with Crippen molar-refractivity contribution in [1.29, 1.82) is 0 Å². The van der Waals surface area contributed by atoms with Crippen molar-refractivity contribution >= 4 is 21.9 Å². The van der Waals surface area contributed by atoms with E-state index in [0.717, 1.165) is 33.2 Å². The van der Waals surface area contributed by atoms with Crippen LogP contribution < -0.4 is 0 Å². The van der Waals surface area contributed by atoms with Crippen LogP contribution in [0.1, 0.15) is 25.3 Å². The van der Waals surface area contributed by atoms with Gasteiger partial charge in [0.05, 0.1) is 5.69 Å². The average molecular weight is 368 g/mol. The number of furan rings is 1. The lowest BCUT2D eigenvalue weighted by Gasteiger charge is -2.13. The molecule has 0 aliphatic rings. The van der Waals surface area contributed by atoms with Crippen LogP contribution in [0, 0.1) is 5.82 Å². The van der Waals surface area contributed by atoms with Crippen LogP contribution in [0.5, 0.6) is 0 Å². The number of aromatic nitrogens is 1. The molecule has 0 aliphatic carbocycles. The molecule has 0 radical (unpaired) electrons. The quantitative estimate of drug-likeness (QED) is 0.345. The largest absolute Gasteiger partial charge is 0.456 e. The van der Waals surface area contributed by atoms with E-state index in [-0.39, 0.29) is 5.82 Å². The van der Waals surface area contributed by atoms with Crippen molar-refractivity contribution in [2.45, 2.75) is 12.8 Å². The van der Waals surface area contributed by atoms with E-state index in [2.05, 4.69) is 4.98 Å². The first-order valence-electron chi connectivity index (χ1n) is 9.67. The first-order chi connectivity index (χ1) is 14.0. The summed E-state index contributed by atoms with van der Waals surface area (Å²) in [7, 11) is 0. The van der Waals surface area contributed by atoms with Gasteiger partial charge in [-0.1, -0.05) is 37.3 Å². The molecule has 5 rings (SSSR count). The lowest BCUT2D eigenvalue weighted by molar-refractivity contribution is 0.618. The number of benzene rings is 3. The topological polar surface area (TPSA) is 26.0 Å². The molecule has 0 aliphatic heterocycles. The van der Waals surface area contributed by atoms with Crippen molar-refractivity contribution in [3.05, 3.63) is 102 Å². The predicted octanol–water partition coefficient (Wildman–Crippen LogP) is 6.94. The molecule has 3 aromatic carbocycles. The van der Waals surface area contributed by atoms with E-state index >= 15 is 0 Å². The third kappa shape index (κ3) is 2.85. The maximum absolute atomic E-state index is 13.5. The number of nitrogens with zero attached hydrogens (tertiary/aromatic N) is 1. The van der Waals surface area contributed by atoms with E-state index in [0.29, 0.717) is 11.2 Å². The van der Waals surface area contributed by atoms with Crippen LogP contribution in [0.15, 0.2) is 89.5 Å². The number of halogens is 1. The second kappa shape index (κ2) is 6.61. The van der Waals surface area contributed by atoms with Gasteiger partial charge in [-0.25, -0.2) is 4.39 Å². The molecular formula is C25H18FNO. The molecule has 2 nitrogen and oxygen atoms in total. The summed E-state index contributed by atoms with van der Waals surface area (Å²) in [6.07, 6.45) is 1.74. The van der Waals surface area contributed by atoms with E-state index < -0.39 is 5.89 Å². The van der Waals surface area contributed by atoms with E-state index in [9.17, 15) is 4.39 Å². The number of pyridine rings is 1. The highest BCUT2D eigenvalue weighted by Gasteiger charge is 2.12. The molecule has 1 unspecified atom stereocenters. The van der Waals surface area contributed by atoms with Gasteiger partial charge in [0.15, 0.2) is 0 Å². The van der Waals surface area contributed by atoms with Gasteiger partial charge in [0, 0.05) is 35.9 Å². The summed E-state index contributed by atoms with van der Waals surface area (Å²) in [6, 6.07) is 24.0. The van der Waals surface area contributed by atoms with E-state index in [4.69, 9.17) is 5.79 Å². The standard InChI is InChI=1S/C25H18FNO/c1-16(17-5-3-2-4-6-17)18-11-12-27-23(14-18)19-7-10-24-22(13-19)21-9-8-20(26)15-25(21)28-24/h2-16H,1H3/i16D. The maximum atomic E-state index is 13.5. The molecule has 0 amide bonds. The molecule has 28 heavy (non-hydrogen) atoms. The molecule has 0 spiro atoms. The van der Waals surface area contributed by atoms with Crippen LogP contribution in [0.4, 0.5) is 4.39 Å². The van der Waals surface area contributed by atoms with Crippen molar-refractivity contribution in [3.8, 4) is 11.3 Å². The van der Waals surface area contributed by atoms with Crippen LogP contribution in [-0.2, 0) is 0 Å². The predicted molar refractivity (Wildman–Crippen MR) is 111 cm³/mol. The van der Waals surface area contributed by atoms with Gasteiger partial charge in [-0.3, -0.25) is 4.98 Å². The number of hydrogen-bond acceptors (Lipinski definition) is 2. The second-order valence-corrected chi connectivity index (χ2v) is 6.87. The minimum atomic E-state index is -0.886. The van der Waals surface area contributed by atoms with Gasteiger partial charge in [-0.15, -0.1) is 0 Å². The molecule has 0 fully saturated rings. The molecule has 0 N–H and O–H groups in total. The highest BCUT2D eigenvalue weighted by molar-refractivity contribution is 6.06. The lowest BCUT2D eigenvalue weighted by atomic mass is 9.92. The summed E-state index contributed by atoms with van der Waals surface area (Å²) in [5.41, 5.74) is 4.75. The maximum Gasteiger partial charge on any atom is 0.138 e. The van der Waals surface area contributed by atoms with Crippen LogP contribution in [-0.4, -0.2) is 4.98 Å². The Bertz CT molecular complexity index is 1340. The van der Waals surface area contributed by atoms with Crippen molar-refractivity contribution in [1.82, 2.24) is 4.98 Å². The summed E-state index contributed by atoms with van der Waals surface area (Å²) in [4.78, 5) is 4.53. The van der Waals surface area contributed by atoms with Crippen molar-refractivity contribution in [3.63, 3.8) is 0 Å². The summed E-state index contributed by atoms with van der Waals surface area (Å²) in [5.74, 6) is -1.20. The molecule has 3 heteroatoms. The fourth-order valence-electron chi connectivity index (χ4n) is 3.59. The van der Waals surface area contributed by atoms with Gasteiger partial charge in [0.1, 0.15) is 17.0 Å². The Kier molecular flexibility index (Phi) is 3.68. The van der Waals surface area contributed by atoms with E-state index in [1.165, 1.54) is 12.1 Å². The fraction of sp³-hybridized carbons (Fsp3) is 0.0800. The second-order valence-electron chi connectivity index (χ2n) is 6.87. The van der Waals surface area contributed by atoms with Crippen molar-refractivity contribution < 1.29 is 10.2 Å². The zero-order chi connectivity index (χ0) is 20.0. The highest BCUT2D eigenvalue weighted by atomic mass is 19.1. The van der Waals surface area contributed by atoms with Gasteiger partial charge in [0.2, 0.25) is 0 Å². The number of fused-ring (bicyclic) bond motifs is 3. The van der Waals surface area contributed by atoms with Crippen molar-refractivity contribution in [2.75, 3.05) is 0 Å². The average Bonchev–Trinajstić information content (AvgIpc) is 3.11. The normalized spacial score (nSPS) is 14.1. The van der Waals surface area contributed by atoms with E-state index in [1.54, 1.807) is 12.3 Å². The Morgan fingerprint density at radius 3 is 2.57 bits per heavy atom. The molecular weight excluding hydrogens is 349 g/mol. The monoisotopic (exact) mass is 368 g/mol. The summed E-state index contributed by atoms with van der Waals surface area (Å²) in [5, 5.41) is 1.79. The SMILES string of the molecule is [2H]C(C)(c1ccccc1)c1ccnc(-c2ccc3oc4cc(F)ccc4c3c2)c1. The Hall–Kier alpha value is -3.46. The molecule has 2 heterocycles. The highest BCUT2D eigenvalue weighted by Crippen LogP contribution is 2.33. The Labute approximate surface area is 163 Å². The third-order valence-electron chi connectivity index (χ3n) is 5.13. The molecule has 0 bridgehead atoms. The summed E-state index contributed by atoms with van der Waals surface area (Å²) >= 11 is 0. The van der Waals surface area contributed by atoms with Gasteiger partial charge >= 0.3 is 0 Å². The van der Waals surface area contributed by atoms with E-state index in [1.807, 2.05) is 67.6 Å². The number of hydrogen-bond donors (Lipinski definition) is 0. The van der Waals surface area contributed by atoms with Gasteiger partial charge in [0.25, 0.3) is 0 Å². The van der Waals surface area contributed by atoms with Crippen LogP contribution >= 0.6 is 0 Å². The molecule has 0 saturated carbocycles. The van der Waals surface area contributed by atoms with Crippen LogP contribution in [0.25, 0.3) is 33.2 Å². The van der Waals surface area contributed by atoms with Gasteiger partial charge < -0.3 is 4.42 Å². The molecule has 5 aromatic rings. The minimum absolute atomic E-state index is 0.318. The Morgan fingerprint density at radius 1 is 0.857 bits per heavy atom. The number of rotatable bonds is 3. The van der Waals surface area contributed by atoms with Crippen LogP contribution in [0.3, 0.4) is 0 Å². The zero-order valence-electron chi connectivity index (χ0n) is 16.3. The third-order valence-corrected chi connectivity index (χ3v) is 5.13. The Balaban J connectivity index is 1.62.